The van der Waals surface area contributed by atoms with E-state index in [2.05, 4.69) is 24.1 Å². The van der Waals surface area contributed by atoms with Gasteiger partial charge in [-0.1, -0.05) is 6.92 Å². The van der Waals surface area contributed by atoms with E-state index in [0.29, 0.717) is 6.04 Å². The molecule has 0 radical (unpaired) electrons. The fourth-order valence-electron chi connectivity index (χ4n) is 2.46. The highest BCUT2D eigenvalue weighted by molar-refractivity contribution is 4.79. The molecule has 16 heavy (non-hydrogen) atoms. The Labute approximate surface area is 100 Å². The van der Waals surface area contributed by atoms with Crippen LogP contribution < -0.4 is 5.32 Å². The predicted octanol–water partition coefficient (Wildman–Crippen LogP) is 1.47. The zero-order valence-electron chi connectivity index (χ0n) is 11.1. The topological polar surface area (TPSA) is 35.5 Å². The summed E-state index contributed by atoms with van der Waals surface area (Å²) < 4.78 is 0. The Hall–Kier alpha value is -0.120. The first-order chi connectivity index (χ1) is 7.63. The molecule has 0 aromatic heterocycles. The summed E-state index contributed by atoms with van der Waals surface area (Å²) >= 11 is 0. The van der Waals surface area contributed by atoms with E-state index in [1.54, 1.807) is 0 Å². The summed E-state index contributed by atoms with van der Waals surface area (Å²) in [6.45, 7) is 11.0. The Kier molecular flexibility index (Phi) is 6.32. The van der Waals surface area contributed by atoms with Gasteiger partial charge in [-0.2, -0.15) is 0 Å². The van der Waals surface area contributed by atoms with Gasteiger partial charge in [0.1, 0.15) is 0 Å². The Balaban J connectivity index is 2.15. The van der Waals surface area contributed by atoms with Gasteiger partial charge in [0.05, 0.1) is 6.10 Å². The highest BCUT2D eigenvalue weighted by Crippen LogP contribution is 2.20. The molecule has 1 fully saturated rings. The molecule has 1 aliphatic heterocycles. The van der Waals surface area contributed by atoms with E-state index in [0.717, 1.165) is 18.9 Å². The van der Waals surface area contributed by atoms with Gasteiger partial charge in [0.2, 0.25) is 0 Å². The van der Waals surface area contributed by atoms with E-state index >= 15 is 0 Å². The van der Waals surface area contributed by atoms with E-state index in [1.807, 2.05) is 6.92 Å². The van der Waals surface area contributed by atoms with E-state index in [4.69, 9.17) is 0 Å². The molecule has 3 nitrogen and oxygen atoms in total. The fourth-order valence-corrected chi connectivity index (χ4v) is 2.46. The molecule has 2 atom stereocenters. The molecule has 1 aliphatic rings. The molecule has 2 unspecified atom stereocenters. The van der Waals surface area contributed by atoms with E-state index in [9.17, 15) is 5.11 Å². The number of rotatable bonds is 6. The normalized spacial score (nSPS) is 23.2. The number of hydrogen-bond acceptors (Lipinski definition) is 3. The van der Waals surface area contributed by atoms with Crippen LogP contribution in [-0.4, -0.2) is 48.3 Å². The maximum Gasteiger partial charge on any atom is 0.0524 e. The minimum Gasteiger partial charge on any atom is -0.393 e. The summed E-state index contributed by atoms with van der Waals surface area (Å²) in [4.78, 5) is 2.53. The van der Waals surface area contributed by atoms with Crippen LogP contribution in [0.1, 0.15) is 40.0 Å². The molecule has 0 amide bonds. The molecule has 0 bridgehead atoms. The lowest BCUT2D eigenvalue weighted by molar-refractivity contribution is 0.159. The Morgan fingerprint density at radius 3 is 2.44 bits per heavy atom. The molecule has 1 saturated heterocycles. The Morgan fingerprint density at radius 2 is 1.94 bits per heavy atom. The Morgan fingerprint density at radius 1 is 1.31 bits per heavy atom. The second kappa shape index (κ2) is 7.25. The van der Waals surface area contributed by atoms with Gasteiger partial charge in [0.25, 0.3) is 0 Å². The average molecular weight is 228 g/mol. The summed E-state index contributed by atoms with van der Waals surface area (Å²) in [6.07, 6.45) is 3.31. The van der Waals surface area contributed by atoms with Gasteiger partial charge in [-0.25, -0.2) is 0 Å². The van der Waals surface area contributed by atoms with Crippen LogP contribution >= 0.6 is 0 Å². The summed E-state index contributed by atoms with van der Waals surface area (Å²) in [5.41, 5.74) is 0. The predicted molar refractivity (Wildman–Crippen MR) is 68.6 cm³/mol. The van der Waals surface area contributed by atoms with E-state index < -0.39 is 0 Å². The van der Waals surface area contributed by atoms with Crippen molar-refractivity contribution in [1.82, 2.24) is 10.2 Å². The van der Waals surface area contributed by atoms with Crippen LogP contribution in [0.5, 0.6) is 0 Å². The van der Waals surface area contributed by atoms with Gasteiger partial charge < -0.3 is 15.3 Å². The van der Waals surface area contributed by atoms with Gasteiger partial charge >= 0.3 is 0 Å². The van der Waals surface area contributed by atoms with Crippen molar-refractivity contribution >= 4 is 0 Å². The Bertz CT molecular complexity index is 177. The maximum absolute atomic E-state index is 9.20. The number of nitrogens with zero attached hydrogens (tertiary/aromatic N) is 1. The lowest BCUT2D eigenvalue weighted by Crippen LogP contribution is -2.42. The summed E-state index contributed by atoms with van der Waals surface area (Å²) in [6, 6.07) is 0.595. The van der Waals surface area contributed by atoms with Crippen molar-refractivity contribution in [2.24, 2.45) is 5.92 Å². The van der Waals surface area contributed by atoms with Crippen molar-refractivity contribution in [3.63, 3.8) is 0 Å². The van der Waals surface area contributed by atoms with Crippen LogP contribution in [0.4, 0.5) is 0 Å². The van der Waals surface area contributed by atoms with Gasteiger partial charge in [-0.15, -0.1) is 0 Å². The zero-order valence-corrected chi connectivity index (χ0v) is 11.1. The fraction of sp³-hybridized carbons (Fsp3) is 1.00. The molecular formula is C13H28N2O. The third kappa shape index (κ3) is 4.81. The van der Waals surface area contributed by atoms with Gasteiger partial charge in [-0.05, 0) is 65.2 Å². The molecule has 1 heterocycles. The van der Waals surface area contributed by atoms with E-state index in [1.165, 1.54) is 32.5 Å². The van der Waals surface area contributed by atoms with Crippen molar-refractivity contribution in [1.29, 1.82) is 0 Å². The summed E-state index contributed by atoms with van der Waals surface area (Å²) in [5.74, 6) is 0.816. The standard InChI is InChI=1S/C13H28N2O/c1-4-15-9-6-13(7-10-15)12(3)14-8-5-11(2)16/h11-14,16H,4-10H2,1-3H3. The first-order valence-corrected chi connectivity index (χ1v) is 6.77. The van der Waals surface area contributed by atoms with Gasteiger partial charge in [0, 0.05) is 6.04 Å². The lowest BCUT2D eigenvalue weighted by atomic mass is 9.90. The molecular weight excluding hydrogens is 200 g/mol. The smallest absolute Gasteiger partial charge is 0.0524 e. The third-order valence-corrected chi connectivity index (χ3v) is 3.81. The number of hydrogen-bond donors (Lipinski definition) is 2. The van der Waals surface area contributed by atoms with Crippen LogP contribution in [0, 0.1) is 5.92 Å². The second-order valence-electron chi connectivity index (χ2n) is 5.15. The molecule has 1 rings (SSSR count). The number of nitrogens with one attached hydrogen (secondary N) is 1. The van der Waals surface area contributed by atoms with Crippen LogP contribution in [0.2, 0.25) is 0 Å². The maximum atomic E-state index is 9.20. The van der Waals surface area contributed by atoms with Crippen molar-refractivity contribution < 1.29 is 5.11 Å². The van der Waals surface area contributed by atoms with Crippen molar-refractivity contribution in [2.45, 2.75) is 52.2 Å². The quantitative estimate of drug-likeness (QED) is 0.722. The number of aliphatic hydroxyl groups excluding tert-OH is 1. The monoisotopic (exact) mass is 228 g/mol. The van der Waals surface area contributed by atoms with Crippen molar-refractivity contribution in [3.8, 4) is 0 Å². The van der Waals surface area contributed by atoms with Crippen LogP contribution in [0.3, 0.4) is 0 Å². The minimum absolute atomic E-state index is 0.179. The average Bonchev–Trinajstić information content (AvgIpc) is 2.28. The number of likely N-dealkylation sites (tertiary alicyclic amines) is 1. The molecule has 0 aromatic carbocycles. The second-order valence-corrected chi connectivity index (χ2v) is 5.15. The van der Waals surface area contributed by atoms with Crippen molar-refractivity contribution in [2.75, 3.05) is 26.2 Å². The molecule has 3 heteroatoms. The number of piperidine rings is 1. The van der Waals surface area contributed by atoms with Crippen LogP contribution in [0.25, 0.3) is 0 Å². The largest absolute Gasteiger partial charge is 0.393 e. The molecule has 0 spiro atoms. The van der Waals surface area contributed by atoms with Crippen LogP contribution in [-0.2, 0) is 0 Å². The molecule has 2 N–H and O–H groups in total. The highest BCUT2D eigenvalue weighted by Gasteiger charge is 2.22. The van der Waals surface area contributed by atoms with Crippen LogP contribution in [0.15, 0.2) is 0 Å². The third-order valence-electron chi connectivity index (χ3n) is 3.81. The van der Waals surface area contributed by atoms with E-state index in [-0.39, 0.29) is 6.10 Å². The molecule has 0 aromatic rings. The molecule has 96 valence electrons. The van der Waals surface area contributed by atoms with Gasteiger partial charge in [0.15, 0.2) is 0 Å². The SMILES string of the molecule is CCN1CCC(C(C)NCCC(C)O)CC1. The summed E-state index contributed by atoms with van der Waals surface area (Å²) in [7, 11) is 0. The first-order valence-electron chi connectivity index (χ1n) is 6.77. The lowest BCUT2D eigenvalue weighted by Gasteiger charge is -2.34. The highest BCUT2D eigenvalue weighted by atomic mass is 16.3. The first kappa shape index (κ1) is 13.9. The zero-order chi connectivity index (χ0) is 12.0. The summed E-state index contributed by atoms with van der Waals surface area (Å²) in [5, 5.41) is 12.7. The van der Waals surface area contributed by atoms with Crippen molar-refractivity contribution in [3.05, 3.63) is 0 Å². The minimum atomic E-state index is -0.179. The van der Waals surface area contributed by atoms with Gasteiger partial charge in [-0.3, -0.25) is 0 Å². The number of aliphatic hydroxyl groups is 1. The molecule has 0 aliphatic carbocycles. The molecule has 0 saturated carbocycles.